The summed E-state index contributed by atoms with van der Waals surface area (Å²) >= 11 is 0. The van der Waals surface area contributed by atoms with E-state index in [1.165, 1.54) is 14.2 Å². The molecule has 5 nitrogen and oxygen atoms in total. The first-order valence-electron chi connectivity index (χ1n) is 6.07. The quantitative estimate of drug-likeness (QED) is 0.872. The number of nitrogens with one attached hydrogen (secondary N) is 1. The van der Waals surface area contributed by atoms with Crippen molar-refractivity contribution in [1.29, 1.82) is 0 Å². The minimum atomic E-state index is -4.53. The van der Waals surface area contributed by atoms with Gasteiger partial charge in [-0.3, -0.25) is 9.78 Å². The van der Waals surface area contributed by atoms with E-state index in [0.717, 1.165) is 18.3 Å². The average Bonchev–Trinajstić information content (AvgIpc) is 2.44. The van der Waals surface area contributed by atoms with Crippen molar-refractivity contribution in [3.63, 3.8) is 0 Å². The van der Waals surface area contributed by atoms with Gasteiger partial charge in [0.25, 0.3) is 5.91 Å². The van der Waals surface area contributed by atoms with E-state index in [9.17, 15) is 18.0 Å². The van der Waals surface area contributed by atoms with Crippen LogP contribution in [0.3, 0.4) is 0 Å². The summed E-state index contributed by atoms with van der Waals surface area (Å²) in [4.78, 5) is 15.1. The third-order valence-corrected chi connectivity index (χ3v) is 2.88. The molecule has 1 N–H and O–H groups in total. The van der Waals surface area contributed by atoms with Crippen LogP contribution in [0.2, 0.25) is 0 Å². The highest BCUT2D eigenvalue weighted by Crippen LogP contribution is 2.27. The molecule has 0 aliphatic carbocycles. The molecule has 0 saturated heterocycles. The van der Waals surface area contributed by atoms with Crippen molar-refractivity contribution >= 4 is 5.91 Å². The second-order valence-electron chi connectivity index (χ2n) is 4.70. The van der Waals surface area contributed by atoms with E-state index in [-0.39, 0.29) is 18.7 Å². The summed E-state index contributed by atoms with van der Waals surface area (Å²) in [6.45, 7) is 2.15. The Morgan fingerprint density at radius 2 is 2.00 bits per heavy atom. The van der Waals surface area contributed by atoms with E-state index in [1.807, 2.05) is 0 Å². The highest BCUT2D eigenvalue weighted by atomic mass is 19.4. The zero-order valence-electron chi connectivity index (χ0n) is 12.0. The van der Waals surface area contributed by atoms with Gasteiger partial charge in [-0.15, -0.1) is 0 Å². The first kappa shape index (κ1) is 17.4. The number of aromatic nitrogens is 1. The van der Waals surface area contributed by atoms with Crippen molar-refractivity contribution < 1.29 is 27.4 Å². The van der Waals surface area contributed by atoms with Crippen LogP contribution >= 0.6 is 0 Å². The average molecular weight is 306 g/mol. The molecule has 1 atom stereocenters. The molecule has 1 aromatic heterocycles. The maximum absolute atomic E-state index is 12.4. The second-order valence-corrected chi connectivity index (χ2v) is 4.70. The first-order valence-corrected chi connectivity index (χ1v) is 6.07. The topological polar surface area (TPSA) is 60.5 Å². The Kier molecular flexibility index (Phi) is 5.68. The van der Waals surface area contributed by atoms with Crippen molar-refractivity contribution in [2.75, 3.05) is 27.4 Å². The van der Waals surface area contributed by atoms with Crippen LogP contribution in [0.25, 0.3) is 0 Å². The van der Waals surface area contributed by atoms with Gasteiger partial charge in [0.1, 0.15) is 11.3 Å². The number of methoxy groups -OCH3 is 2. The fraction of sp³-hybridized carbons (Fsp3) is 0.538. The van der Waals surface area contributed by atoms with Gasteiger partial charge < -0.3 is 14.8 Å². The lowest BCUT2D eigenvalue weighted by atomic mass is 10.1. The largest absolute Gasteiger partial charge is 0.433 e. The van der Waals surface area contributed by atoms with Gasteiger partial charge in [-0.1, -0.05) is 0 Å². The highest BCUT2D eigenvalue weighted by Gasteiger charge is 2.32. The zero-order chi connectivity index (χ0) is 16.1. The number of carbonyl (C=O) groups excluding carboxylic acids is 1. The molecule has 0 spiro atoms. The van der Waals surface area contributed by atoms with Gasteiger partial charge in [0, 0.05) is 27.0 Å². The zero-order valence-corrected chi connectivity index (χ0v) is 12.0. The molecule has 1 amide bonds. The number of nitrogens with zero attached hydrogens (tertiary/aromatic N) is 1. The third kappa shape index (κ3) is 4.98. The van der Waals surface area contributed by atoms with Crippen LogP contribution < -0.4 is 5.32 Å². The van der Waals surface area contributed by atoms with Crippen LogP contribution in [0, 0.1) is 0 Å². The minimum absolute atomic E-state index is 0.0406. The summed E-state index contributed by atoms with van der Waals surface area (Å²) in [5.74, 6) is -0.532. The summed E-state index contributed by atoms with van der Waals surface area (Å²) in [7, 11) is 2.98. The van der Waals surface area contributed by atoms with Crippen molar-refractivity contribution in [3.05, 3.63) is 29.6 Å². The van der Waals surface area contributed by atoms with Crippen LogP contribution in [0.5, 0.6) is 0 Å². The summed E-state index contributed by atoms with van der Waals surface area (Å²) in [5.41, 5.74) is -1.72. The van der Waals surface area contributed by atoms with E-state index >= 15 is 0 Å². The molecule has 1 aromatic rings. The number of rotatable bonds is 6. The summed E-state index contributed by atoms with van der Waals surface area (Å²) in [6, 6.07) is 1.84. The maximum Gasteiger partial charge on any atom is 0.433 e. The summed E-state index contributed by atoms with van der Waals surface area (Å²) in [5, 5.41) is 2.57. The predicted octanol–water partition coefficient (Wildman–Crippen LogP) is 1.88. The third-order valence-electron chi connectivity index (χ3n) is 2.88. The Morgan fingerprint density at radius 1 is 1.33 bits per heavy atom. The molecule has 118 valence electrons. The number of hydrogen-bond acceptors (Lipinski definition) is 4. The van der Waals surface area contributed by atoms with Crippen molar-refractivity contribution in [3.8, 4) is 0 Å². The van der Waals surface area contributed by atoms with Gasteiger partial charge in [-0.05, 0) is 19.1 Å². The molecule has 21 heavy (non-hydrogen) atoms. The smallest absolute Gasteiger partial charge is 0.382 e. The molecule has 1 rings (SSSR count). The van der Waals surface area contributed by atoms with E-state index in [0.29, 0.717) is 0 Å². The fourth-order valence-corrected chi connectivity index (χ4v) is 1.55. The number of ether oxygens (including phenoxy) is 2. The number of carbonyl (C=O) groups is 1. The van der Waals surface area contributed by atoms with Gasteiger partial charge in [0.2, 0.25) is 0 Å². The molecule has 0 saturated carbocycles. The molecular weight excluding hydrogens is 289 g/mol. The summed E-state index contributed by atoms with van der Waals surface area (Å²) in [6.07, 6.45) is -3.64. The van der Waals surface area contributed by atoms with Gasteiger partial charge >= 0.3 is 6.18 Å². The number of pyridine rings is 1. The molecule has 0 fully saturated rings. The Balaban J connectivity index is 2.68. The van der Waals surface area contributed by atoms with Crippen LogP contribution in [0.1, 0.15) is 23.0 Å². The van der Waals surface area contributed by atoms with E-state index < -0.39 is 23.4 Å². The molecular formula is C13H17F3N2O3. The lowest BCUT2D eigenvalue weighted by Gasteiger charge is -2.27. The second kappa shape index (κ2) is 6.86. The van der Waals surface area contributed by atoms with Gasteiger partial charge in [-0.25, -0.2) is 0 Å². The van der Waals surface area contributed by atoms with E-state index in [4.69, 9.17) is 9.47 Å². The molecule has 0 aliphatic heterocycles. The molecule has 8 heteroatoms. The Labute approximate surface area is 120 Å². The van der Waals surface area contributed by atoms with Gasteiger partial charge in [0.15, 0.2) is 0 Å². The van der Waals surface area contributed by atoms with Crippen LogP contribution in [-0.4, -0.2) is 43.9 Å². The van der Waals surface area contributed by atoms with Crippen molar-refractivity contribution in [2.45, 2.75) is 18.7 Å². The molecule has 0 aliphatic rings. The van der Waals surface area contributed by atoms with E-state index in [1.54, 1.807) is 6.92 Å². The monoisotopic (exact) mass is 306 g/mol. The Bertz CT molecular complexity index is 477. The number of hydrogen-bond donors (Lipinski definition) is 1. The highest BCUT2D eigenvalue weighted by molar-refractivity contribution is 5.93. The normalized spacial score (nSPS) is 14.6. The number of halogens is 3. The lowest BCUT2D eigenvalue weighted by Crippen LogP contribution is -2.45. The molecule has 0 aromatic carbocycles. The molecule has 1 heterocycles. The lowest BCUT2D eigenvalue weighted by molar-refractivity contribution is -0.141. The Hall–Kier alpha value is -1.67. The standard InChI is InChI=1S/C13H17F3N2O3/c1-12(21-3,8-20-2)7-18-11(19)9-4-5-10(17-6-9)13(14,15)16/h4-6H,7-8H2,1-3H3,(H,18,19)/t12-/m1/s1. The predicted molar refractivity (Wildman–Crippen MR) is 68.9 cm³/mol. The van der Waals surface area contributed by atoms with Crippen LogP contribution in [-0.2, 0) is 15.7 Å². The summed E-state index contributed by atoms with van der Waals surface area (Å²) < 4.78 is 47.3. The van der Waals surface area contributed by atoms with Crippen LogP contribution in [0.15, 0.2) is 18.3 Å². The van der Waals surface area contributed by atoms with E-state index in [2.05, 4.69) is 10.3 Å². The minimum Gasteiger partial charge on any atom is -0.382 e. The number of alkyl halides is 3. The van der Waals surface area contributed by atoms with Crippen LogP contribution in [0.4, 0.5) is 13.2 Å². The van der Waals surface area contributed by atoms with Crippen molar-refractivity contribution in [2.24, 2.45) is 0 Å². The number of amides is 1. The molecule has 0 unspecified atom stereocenters. The Morgan fingerprint density at radius 3 is 2.43 bits per heavy atom. The fourth-order valence-electron chi connectivity index (χ4n) is 1.55. The maximum atomic E-state index is 12.4. The van der Waals surface area contributed by atoms with Gasteiger partial charge in [0.05, 0.1) is 12.2 Å². The molecule has 0 bridgehead atoms. The first-order chi connectivity index (χ1) is 9.72. The van der Waals surface area contributed by atoms with Gasteiger partial charge in [-0.2, -0.15) is 13.2 Å². The SMILES string of the molecule is COC[C@@](C)(CNC(=O)c1ccc(C(F)(F)F)nc1)OC. The van der Waals surface area contributed by atoms with Crippen molar-refractivity contribution in [1.82, 2.24) is 10.3 Å². The molecule has 0 radical (unpaired) electrons.